The topological polar surface area (TPSA) is 25.8 Å². The number of aryl methyl sites for hydroxylation is 1. The van der Waals surface area contributed by atoms with Gasteiger partial charge in [-0.05, 0) is 31.2 Å². The maximum Gasteiger partial charge on any atom is 0.419 e. The Bertz CT molecular complexity index is 579. The highest BCUT2D eigenvalue weighted by Crippen LogP contribution is 2.33. The molecule has 0 N–H and O–H groups in total. The predicted molar refractivity (Wildman–Crippen MR) is 57.2 cm³/mol. The standard InChI is InChI=1S/C12H8F4N2/c1-7-4-5-17-11(18-7)8-2-3-10(13)9(6-8)12(14,15)16/h2-6H,1H3. The zero-order valence-corrected chi connectivity index (χ0v) is 9.29. The zero-order chi connectivity index (χ0) is 13.3. The quantitative estimate of drug-likeness (QED) is 0.728. The van der Waals surface area contributed by atoms with E-state index in [0.717, 1.165) is 6.07 Å². The second-order valence-corrected chi connectivity index (χ2v) is 3.71. The van der Waals surface area contributed by atoms with E-state index in [9.17, 15) is 17.6 Å². The lowest BCUT2D eigenvalue weighted by Gasteiger charge is -2.09. The van der Waals surface area contributed by atoms with E-state index in [-0.39, 0.29) is 11.4 Å². The van der Waals surface area contributed by atoms with Gasteiger partial charge in [0.05, 0.1) is 5.56 Å². The molecule has 94 valence electrons. The van der Waals surface area contributed by atoms with Crippen molar-refractivity contribution in [3.63, 3.8) is 0 Å². The van der Waals surface area contributed by atoms with Crippen molar-refractivity contribution in [2.75, 3.05) is 0 Å². The summed E-state index contributed by atoms with van der Waals surface area (Å²) in [5, 5.41) is 0. The van der Waals surface area contributed by atoms with E-state index >= 15 is 0 Å². The van der Waals surface area contributed by atoms with Crippen molar-refractivity contribution in [1.82, 2.24) is 9.97 Å². The molecule has 1 aromatic carbocycles. The molecule has 0 fully saturated rings. The lowest BCUT2D eigenvalue weighted by Crippen LogP contribution is -2.08. The SMILES string of the molecule is Cc1ccnc(-c2ccc(F)c(C(F)(F)F)c2)n1. The van der Waals surface area contributed by atoms with Gasteiger partial charge >= 0.3 is 6.18 Å². The molecule has 6 heteroatoms. The van der Waals surface area contributed by atoms with Crippen LogP contribution in [0, 0.1) is 12.7 Å². The summed E-state index contributed by atoms with van der Waals surface area (Å²) in [4.78, 5) is 7.86. The molecule has 0 aliphatic carbocycles. The lowest BCUT2D eigenvalue weighted by molar-refractivity contribution is -0.139. The summed E-state index contributed by atoms with van der Waals surface area (Å²) in [5.41, 5.74) is -0.560. The maximum atomic E-state index is 13.1. The summed E-state index contributed by atoms with van der Waals surface area (Å²) in [5.74, 6) is -1.17. The lowest BCUT2D eigenvalue weighted by atomic mass is 10.1. The Labute approximate surface area is 100 Å². The number of halogens is 4. The van der Waals surface area contributed by atoms with E-state index in [2.05, 4.69) is 9.97 Å². The normalized spacial score (nSPS) is 11.6. The monoisotopic (exact) mass is 256 g/mol. The molecule has 0 bridgehead atoms. The molecule has 0 aliphatic heterocycles. The minimum atomic E-state index is -4.73. The van der Waals surface area contributed by atoms with Gasteiger partial charge in [-0.15, -0.1) is 0 Å². The van der Waals surface area contributed by atoms with Crippen LogP contribution in [0.1, 0.15) is 11.3 Å². The molecule has 0 unspecified atom stereocenters. The van der Waals surface area contributed by atoms with Crippen molar-refractivity contribution in [2.24, 2.45) is 0 Å². The molecule has 0 saturated carbocycles. The molecule has 18 heavy (non-hydrogen) atoms. The Kier molecular flexibility index (Phi) is 3.02. The van der Waals surface area contributed by atoms with Crippen LogP contribution in [0.5, 0.6) is 0 Å². The summed E-state index contributed by atoms with van der Waals surface area (Å²) < 4.78 is 50.7. The van der Waals surface area contributed by atoms with Crippen LogP contribution in [-0.4, -0.2) is 9.97 Å². The van der Waals surface area contributed by atoms with E-state index in [1.54, 1.807) is 13.0 Å². The highest BCUT2D eigenvalue weighted by molar-refractivity contribution is 5.56. The van der Waals surface area contributed by atoms with Crippen LogP contribution in [0.15, 0.2) is 30.5 Å². The summed E-state index contributed by atoms with van der Waals surface area (Å²) >= 11 is 0. The Hall–Kier alpha value is -1.98. The Balaban J connectivity index is 2.54. The highest BCUT2D eigenvalue weighted by atomic mass is 19.4. The number of benzene rings is 1. The van der Waals surface area contributed by atoms with Gasteiger partial charge in [-0.1, -0.05) is 0 Å². The van der Waals surface area contributed by atoms with Crippen molar-refractivity contribution in [3.05, 3.63) is 47.5 Å². The third-order valence-corrected chi connectivity index (χ3v) is 2.32. The molecule has 0 atom stereocenters. The molecule has 2 rings (SSSR count). The molecule has 2 nitrogen and oxygen atoms in total. The van der Waals surface area contributed by atoms with Crippen LogP contribution in [0.25, 0.3) is 11.4 Å². The Morgan fingerprint density at radius 2 is 1.83 bits per heavy atom. The fourth-order valence-electron chi connectivity index (χ4n) is 1.47. The van der Waals surface area contributed by atoms with Crippen LogP contribution in [-0.2, 0) is 6.18 Å². The van der Waals surface area contributed by atoms with E-state index in [1.807, 2.05) is 0 Å². The highest BCUT2D eigenvalue weighted by Gasteiger charge is 2.34. The second kappa shape index (κ2) is 4.36. The second-order valence-electron chi connectivity index (χ2n) is 3.71. The molecule has 1 aromatic heterocycles. The zero-order valence-electron chi connectivity index (χ0n) is 9.29. The van der Waals surface area contributed by atoms with Gasteiger partial charge in [0.2, 0.25) is 0 Å². The maximum absolute atomic E-state index is 13.1. The van der Waals surface area contributed by atoms with Gasteiger partial charge in [0, 0.05) is 17.5 Å². The molecular formula is C12H8F4N2. The number of alkyl halides is 3. The van der Waals surface area contributed by atoms with Crippen LogP contribution in [0.2, 0.25) is 0 Å². The third kappa shape index (κ3) is 2.47. The molecule has 0 radical (unpaired) electrons. The molecule has 0 saturated heterocycles. The van der Waals surface area contributed by atoms with Crippen LogP contribution in [0.4, 0.5) is 17.6 Å². The first-order chi connectivity index (χ1) is 8.38. The molecular weight excluding hydrogens is 248 g/mol. The van der Waals surface area contributed by atoms with Crippen molar-refractivity contribution in [1.29, 1.82) is 0 Å². The van der Waals surface area contributed by atoms with Gasteiger partial charge in [-0.3, -0.25) is 0 Å². The Morgan fingerprint density at radius 3 is 2.44 bits per heavy atom. The van der Waals surface area contributed by atoms with Gasteiger partial charge in [0.15, 0.2) is 5.82 Å². The van der Waals surface area contributed by atoms with Crippen molar-refractivity contribution in [3.8, 4) is 11.4 Å². The molecule has 0 aliphatic rings. The van der Waals surface area contributed by atoms with Crippen molar-refractivity contribution in [2.45, 2.75) is 13.1 Å². The minimum Gasteiger partial charge on any atom is -0.237 e. The summed E-state index contributed by atoms with van der Waals surface area (Å²) in [6.45, 7) is 1.69. The van der Waals surface area contributed by atoms with Crippen LogP contribution < -0.4 is 0 Å². The van der Waals surface area contributed by atoms with Gasteiger partial charge in [0.1, 0.15) is 5.82 Å². The summed E-state index contributed by atoms with van der Waals surface area (Å²) in [6.07, 6.45) is -3.29. The van der Waals surface area contributed by atoms with E-state index in [4.69, 9.17) is 0 Å². The average Bonchev–Trinajstić information content (AvgIpc) is 2.28. The van der Waals surface area contributed by atoms with Crippen molar-refractivity contribution >= 4 is 0 Å². The van der Waals surface area contributed by atoms with Gasteiger partial charge < -0.3 is 0 Å². The minimum absolute atomic E-state index is 0.132. The molecule has 2 aromatic rings. The van der Waals surface area contributed by atoms with Gasteiger partial charge in [-0.25, -0.2) is 14.4 Å². The first-order valence-corrected chi connectivity index (χ1v) is 5.04. The van der Waals surface area contributed by atoms with Gasteiger partial charge in [-0.2, -0.15) is 13.2 Å². The predicted octanol–water partition coefficient (Wildman–Crippen LogP) is 3.61. The Morgan fingerprint density at radius 1 is 1.11 bits per heavy atom. The fourth-order valence-corrected chi connectivity index (χ4v) is 1.47. The number of aromatic nitrogens is 2. The number of rotatable bonds is 1. The van der Waals surface area contributed by atoms with E-state index in [0.29, 0.717) is 11.8 Å². The molecule has 0 spiro atoms. The smallest absolute Gasteiger partial charge is 0.237 e. The van der Waals surface area contributed by atoms with E-state index < -0.39 is 17.6 Å². The molecule has 1 heterocycles. The average molecular weight is 256 g/mol. The van der Waals surface area contributed by atoms with E-state index in [1.165, 1.54) is 12.3 Å². The summed E-state index contributed by atoms with van der Waals surface area (Å²) in [6, 6.07) is 4.32. The summed E-state index contributed by atoms with van der Waals surface area (Å²) in [7, 11) is 0. The van der Waals surface area contributed by atoms with Crippen molar-refractivity contribution < 1.29 is 17.6 Å². The molecule has 0 amide bonds. The van der Waals surface area contributed by atoms with Crippen LogP contribution in [0.3, 0.4) is 0 Å². The number of hydrogen-bond donors (Lipinski definition) is 0. The number of hydrogen-bond acceptors (Lipinski definition) is 2. The largest absolute Gasteiger partial charge is 0.419 e. The third-order valence-electron chi connectivity index (χ3n) is 2.32. The number of nitrogens with zero attached hydrogens (tertiary/aromatic N) is 2. The first kappa shape index (κ1) is 12.5. The fraction of sp³-hybridized carbons (Fsp3) is 0.167. The first-order valence-electron chi connectivity index (χ1n) is 5.04. The van der Waals surface area contributed by atoms with Crippen LogP contribution >= 0.6 is 0 Å². The van der Waals surface area contributed by atoms with Gasteiger partial charge in [0.25, 0.3) is 0 Å².